The Bertz CT molecular complexity index is 555. The van der Waals surface area contributed by atoms with Gasteiger partial charge in [-0.1, -0.05) is 18.2 Å². The van der Waals surface area contributed by atoms with Gasteiger partial charge in [0.2, 0.25) is 5.91 Å². The van der Waals surface area contributed by atoms with E-state index in [1.807, 2.05) is 24.3 Å². The molecule has 118 valence electrons. The van der Waals surface area contributed by atoms with E-state index in [1.54, 1.807) is 4.90 Å². The van der Waals surface area contributed by atoms with Crippen LogP contribution in [0.3, 0.4) is 0 Å². The molecule has 0 atom stereocenters. The van der Waals surface area contributed by atoms with E-state index in [1.165, 1.54) is 0 Å². The zero-order valence-electron chi connectivity index (χ0n) is 12.6. The molecule has 22 heavy (non-hydrogen) atoms. The summed E-state index contributed by atoms with van der Waals surface area (Å²) in [5, 5.41) is 2.89. The fourth-order valence-corrected chi connectivity index (χ4v) is 2.85. The molecular weight excluding hydrogens is 282 g/mol. The molecule has 3 rings (SSSR count). The van der Waals surface area contributed by atoms with Gasteiger partial charge in [0.25, 0.3) is 5.91 Å². The normalized spacial score (nSPS) is 18.4. The van der Waals surface area contributed by atoms with E-state index in [-0.39, 0.29) is 18.4 Å². The second kappa shape index (κ2) is 6.89. The zero-order valence-corrected chi connectivity index (χ0v) is 12.6. The van der Waals surface area contributed by atoms with Gasteiger partial charge in [-0.2, -0.15) is 0 Å². The quantitative estimate of drug-likeness (QED) is 0.837. The van der Waals surface area contributed by atoms with Crippen LogP contribution in [0.25, 0.3) is 0 Å². The molecule has 6 heteroatoms. The van der Waals surface area contributed by atoms with Crippen LogP contribution in [0.5, 0.6) is 0 Å². The summed E-state index contributed by atoms with van der Waals surface area (Å²) in [5.41, 5.74) is 1.71. The van der Waals surface area contributed by atoms with Crippen LogP contribution in [-0.2, 0) is 16.1 Å². The lowest BCUT2D eigenvalue weighted by Gasteiger charge is -2.26. The van der Waals surface area contributed by atoms with Crippen molar-refractivity contribution in [3.63, 3.8) is 0 Å². The highest BCUT2D eigenvalue weighted by Crippen LogP contribution is 2.21. The molecule has 2 amide bonds. The highest BCUT2D eigenvalue weighted by Gasteiger charge is 2.28. The number of morpholine rings is 1. The molecule has 0 spiro atoms. The number of carbonyl (C=O) groups is 2. The summed E-state index contributed by atoms with van der Waals surface area (Å²) in [5.74, 6) is -0.159. The number of hydrogen-bond donors (Lipinski definition) is 1. The van der Waals surface area contributed by atoms with Crippen molar-refractivity contribution in [1.29, 1.82) is 0 Å². The second-order valence-corrected chi connectivity index (χ2v) is 5.62. The number of hydrogen-bond acceptors (Lipinski definition) is 4. The Balaban J connectivity index is 1.42. The number of rotatable bonds is 5. The van der Waals surface area contributed by atoms with Gasteiger partial charge in [-0.15, -0.1) is 0 Å². The third-order valence-electron chi connectivity index (χ3n) is 4.08. The first kappa shape index (κ1) is 15.0. The van der Waals surface area contributed by atoms with E-state index in [0.29, 0.717) is 18.7 Å². The van der Waals surface area contributed by atoms with Crippen molar-refractivity contribution in [2.75, 3.05) is 45.9 Å². The molecule has 0 aromatic heterocycles. The van der Waals surface area contributed by atoms with Crippen molar-refractivity contribution in [1.82, 2.24) is 15.1 Å². The molecule has 0 saturated carbocycles. The van der Waals surface area contributed by atoms with Gasteiger partial charge in [-0.3, -0.25) is 14.5 Å². The number of nitrogens with one attached hydrogen (secondary N) is 1. The van der Waals surface area contributed by atoms with Gasteiger partial charge in [-0.25, -0.2) is 0 Å². The molecule has 1 aromatic carbocycles. The minimum absolute atomic E-state index is 0.0565. The zero-order chi connectivity index (χ0) is 15.4. The molecule has 1 saturated heterocycles. The lowest BCUT2D eigenvalue weighted by molar-refractivity contribution is -0.121. The van der Waals surface area contributed by atoms with E-state index < -0.39 is 0 Å². The first-order valence-corrected chi connectivity index (χ1v) is 7.68. The number of fused-ring (bicyclic) bond motifs is 1. The van der Waals surface area contributed by atoms with E-state index in [4.69, 9.17) is 4.74 Å². The Morgan fingerprint density at radius 1 is 1.23 bits per heavy atom. The maximum absolute atomic E-state index is 12.2. The van der Waals surface area contributed by atoms with E-state index in [9.17, 15) is 9.59 Å². The molecule has 1 fully saturated rings. The standard InChI is InChI=1S/C16H21N3O3/c20-15(17-5-6-18-7-9-22-10-8-18)12-19-11-13-3-1-2-4-14(13)16(19)21/h1-4H,5-12H2,(H,17,20). The van der Waals surface area contributed by atoms with Crippen LogP contribution in [0.4, 0.5) is 0 Å². The second-order valence-electron chi connectivity index (χ2n) is 5.62. The monoisotopic (exact) mass is 303 g/mol. The average Bonchev–Trinajstić information content (AvgIpc) is 2.85. The van der Waals surface area contributed by atoms with Gasteiger partial charge in [-0.05, 0) is 11.6 Å². The fraction of sp³-hybridized carbons (Fsp3) is 0.500. The minimum atomic E-state index is -0.102. The molecule has 1 N–H and O–H groups in total. The lowest BCUT2D eigenvalue weighted by Crippen LogP contribution is -2.43. The maximum Gasteiger partial charge on any atom is 0.254 e. The predicted molar refractivity (Wildman–Crippen MR) is 81.5 cm³/mol. The van der Waals surface area contributed by atoms with Crippen LogP contribution < -0.4 is 5.32 Å². The summed E-state index contributed by atoms with van der Waals surface area (Å²) in [6, 6.07) is 7.51. The van der Waals surface area contributed by atoms with Crippen LogP contribution >= 0.6 is 0 Å². The number of carbonyl (C=O) groups excluding carboxylic acids is 2. The summed E-state index contributed by atoms with van der Waals surface area (Å²) in [6.45, 7) is 5.41. The van der Waals surface area contributed by atoms with Crippen LogP contribution in [0.1, 0.15) is 15.9 Å². The molecule has 6 nitrogen and oxygen atoms in total. The van der Waals surface area contributed by atoms with Crippen molar-refractivity contribution in [2.45, 2.75) is 6.54 Å². The molecule has 0 bridgehead atoms. The number of benzene rings is 1. The van der Waals surface area contributed by atoms with Gasteiger partial charge >= 0.3 is 0 Å². The Labute approximate surface area is 130 Å². The molecule has 2 aliphatic rings. The average molecular weight is 303 g/mol. The van der Waals surface area contributed by atoms with E-state index >= 15 is 0 Å². The molecule has 1 aromatic rings. The number of nitrogens with zero attached hydrogens (tertiary/aromatic N) is 2. The highest BCUT2D eigenvalue weighted by atomic mass is 16.5. The SMILES string of the molecule is O=C(CN1Cc2ccccc2C1=O)NCCN1CCOCC1. The van der Waals surface area contributed by atoms with Gasteiger partial charge in [0, 0.05) is 38.3 Å². The van der Waals surface area contributed by atoms with Gasteiger partial charge < -0.3 is 15.0 Å². The minimum Gasteiger partial charge on any atom is -0.379 e. The van der Waals surface area contributed by atoms with Crippen molar-refractivity contribution in [3.8, 4) is 0 Å². The Morgan fingerprint density at radius 2 is 2.00 bits per heavy atom. The largest absolute Gasteiger partial charge is 0.379 e. The highest BCUT2D eigenvalue weighted by molar-refractivity contribution is 6.00. The first-order chi connectivity index (χ1) is 10.7. The third-order valence-corrected chi connectivity index (χ3v) is 4.08. The molecule has 2 heterocycles. The van der Waals surface area contributed by atoms with Crippen molar-refractivity contribution in [3.05, 3.63) is 35.4 Å². The maximum atomic E-state index is 12.2. The van der Waals surface area contributed by atoms with Crippen LogP contribution in [0.15, 0.2) is 24.3 Å². The van der Waals surface area contributed by atoms with Crippen LogP contribution in [0.2, 0.25) is 0 Å². The van der Waals surface area contributed by atoms with Crippen LogP contribution in [-0.4, -0.2) is 67.6 Å². The van der Waals surface area contributed by atoms with Gasteiger partial charge in [0.15, 0.2) is 0 Å². The summed E-state index contributed by atoms with van der Waals surface area (Å²) >= 11 is 0. The topological polar surface area (TPSA) is 61.9 Å². The van der Waals surface area contributed by atoms with Crippen molar-refractivity contribution in [2.24, 2.45) is 0 Å². The Morgan fingerprint density at radius 3 is 2.77 bits per heavy atom. The molecule has 2 aliphatic heterocycles. The summed E-state index contributed by atoms with van der Waals surface area (Å²) < 4.78 is 5.29. The van der Waals surface area contributed by atoms with Crippen molar-refractivity contribution < 1.29 is 14.3 Å². The Kier molecular flexibility index (Phi) is 4.70. The van der Waals surface area contributed by atoms with Gasteiger partial charge in [0.1, 0.15) is 6.54 Å². The van der Waals surface area contributed by atoms with Gasteiger partial charge in [0.05, 0.1) is 13.2 Å². The number of amides is 2. The summed E-state index contributed by atoms with van der Waals surface area (Å²) in [4.78, 5) is 28.0. The first-order valence-electron chi connectivity index (χ1n) is 7.68. The van der Waals surface area contributed by atoms with E-state index in [2.05, 4.69) is 10.2 Å². The van der Waals surface area contributed by atoms with Crippen molar-refractivity contribution >= 4 is 11.8 Å². The molecule has 0 unspecified atom stereocenters. The third kappa shape index (κ3) is 3.45. The predicted octanol–water partition coefficient (Wildman–Crippen LogP) is 0.0908. The van der Waals surface area contributed by atoms with Crippen LogP contribution in [0, 0.1) is 0 Å². The summed E-state index contributed by atoms with van der Waals surface area (Å²) in [6.07, 6.45) is 0. The molecular formula is C16H21N3O3. The molecule has 0 aliphatic carbocycles. The van der Waals surface area contributed by atoms with E-state index in [0.717, 1.165) is 38.4 Å². The molecule has 0 radical (unpaired) electrons. The number of ether oxygens (including phenoxy) is 1. The fourth-order valence-electron chi connectivity index (χ4n) is 2.85. The lowest BCUT2D eigenvalue weighted by atomic mass is 10.1. The summed E-state index contributed by atoms with van der Waals surface area (Å²) in [7, 11) is 0. The smallest absolute Gasteiger partial charge is 0.254 e. The Hall–Kier alpha value is -1.92.